The first kappa shape index (κ1) is 13.6. The van der Waals surface area contributed by atoms with Crippen LogP contribution in [0.4, 0.5) is 0 Å². The minimum atomic E-state index is 0.302. The van der Waals surface area contributed by atoms with Crippen molar-refractivity contribution in [1.29, 1.82) is 0 Å². The summed E-state index contributed by atoms with van der Waals surface area (Å²) in [6.45, 7) is 7.22. The summed E-state index contributed by atoms with van der Waals surface area (Å²) in [5, 5.41) is 6.90. The van der Waals surface area contributed by atoms with E-state index in [2.05, 4.69) is 36.5 Å². The van der Waals surface area contributed by atoms with Crippen molar-refractivity contribution in [3.63, 3.8) is 0 Å². The zero-order valence-corrected chi connectivity index (χ0v) is 11.4. The molecule has 0 aliphatic heterocycles. The fourth-order valence-corrected chi connectivity index (χ4v) is 2.45. The van der Waals surface area contributed by atoms with Crippen LogP contribution in [-0.2, 0) is 11.2 Å². The summed E-state index contributed by atoms with van der Waals surface area (Å²) in [4.78, 5) is 4.59. The predicted molar refractivity (Wildman–Crippen MR) is 69.0 cm³/mol. The van der Waals surface area contributed by atoms with Crippen LogP contribution in [0.1, 0.15) is 43.9 Å². The number of hydrogen-bond donors (Lipinski definition) is 1. The first-order valence-electron chi connectivity index (χ1n) is 5.90. The van der Waals surface area contributed by atoms with Crippen LogP contribution in [-0.4, -0.2) is 24.7 Å². The Bertz CT molecular complexity index is 301. The van der Waals surface area contributed by atoms with Crippen LogP contribution >= 0.6 is 11.3 Å². The molecule has 0 saturated carbocycles. The third-order valence-corrected chi connectivity index (χ3v) is 3.67. The highest BCUT2D eigenvalue weighted by molar-refractivity contribution is 7.09. The van der Waals surface area contributed by atoms with Crippen molar-refractivity contribution in [3.8, 4) is 0 Å². The summed E-state index contributed by atoms with van der Waals surface area (Å²) in [5.41, 5.74) is 1.15. The van der Waals surface area contributed by atoms with E-state index in [0.29, 0.717) is 12.1 Å². The smallest absolute Gasteiger partial charge is 0.0926 e. The SMILES string of the molecule is CCc1nc(C(C)NC(CC)COC)cs1. The van der Waals surface area contributed by atoms with Crippen LogP contribution in [0.15, 0.2) is 5.38 Å². The molecule has 92 valence electrons. The van der Waals surface area contributed by atoms with Gasteiger partial charge in [-0.25, -0.2) is 4.98 Å². The monoisotopic (exact) mass is 242 g/mol. The lowest BCUT2D eigenvalue weighted by atomic mass is 10.2. The highest BCUT2D eigenvalue weighted by Crippen LogP contribution is 2.17. The molecule has 0 aliphatic carbocycles. The fraction of sp³-hybridized carbons (Fsp3) is 0.750. The normalized spacial score (nSPS) is 15.0. The predicted octanol–water partition coefficient (Wildman–Crippen LogP) is 2.78. The van der Waals surface area contributed by atoms with Gasteiger partial charge in [0.05, 0.1) is 17.3 Å². The third-order valence-electron chi connectivity index (χ3n) is 2.66. The number of nitrogens with one attached hydrogen (secondary N) is 1. The lowest BCUT2D eigenvalue weighted by molar-refractivity contribution is 0.159. The molecule has 4 heteroatoms. The number of aryl methyl sites for hydroxylation is 1. The van der Waals surface area contributed by atoms with Gasteiger partial charge in [-0.1, -0.05) is 13.8 Å². The first-order chi connectivity index (χ1) is 7.71. The maximum absolute atomic E-state index is 5.18. The maximum Gasteiger partial charge on any atom is 0.0926 e. The van der Waals surface area contributed by atoms with E-state index in [9.17, 15) is 0 Å². The van der Waals surface area contributed by atoms with Gasteiger partial charge in [0.1, 0.15) is 0 Å². The number of rotatable bonds is 7. The molecule has 0 amide bonds. The Hall–Kier alpha value is -0.450. The maximum atomic E-state index is 5.18. The van der Waals surface area contributed by atoms with Crippen molar-refractivity contribution in [2.24, 2.45) is 0 Å². The average molecular weight is 242 g/mol. The van der Waals surface area contributed by atoms with Gasteiger partial charge in [0.15, 0.2) is 0 Å². The molecular formula is C12H22N2OS. The molecule has 0 bridgehead atoms. The Kier molecular flexibility index (Phi) is 5.95. The van der Waals surface area contributed by atoms with Crippen LogP contribution in [0.25, 0.3) is 0 Å². The standard InChI is InChI=1S/C12H22N2OS/c1-5-10(7-15-4)13-9(3)11-8-16-12(6-2)14-11/h8-10,13H,5-7H2,1-4H3. The van der Waals surface area contributed by atoms with Crippen LogP contribution < -0.4 is 5.32 Å². The summed E-state index contributed by atoms with van der Waals surface area (Å²) in [7, 11) is 1.74. The molecule has 1 N–H and O–H groups in total. The highest BCUT2D eigenvalue weighted by Gasteiger charge is 2.13. The fourth-order valence-electron chi connectivity index (χ4n) is 1.61. The molecule has 0 spiro atoms. The molecule has 0 saturated heterocycles. The van der Waals surface area contributed by atoms with E-state index in [1.165, 1.54) is 5.01 Å². The van der Waals surface area contributed by atoms with Gasteiger partial charge in [0.2, 0.25) is 0 Å². The molecule has 1 aromatic rings. The topological polar surface area (TPSA) is 34.2 Å². The van der Waals surface area contributed by atoms with Gasteiger partial charge in [0.25, 0.3) is 0 Å². The third kappa shape index (κ3) is 3.85. The summed E-state index contributed by atoms with van der Waals surface area (Å²) >= 11 is 1.74. The van der Waals surface area contributed by atoms with Crippen molar-refractivity contribution < 1.29 is 4.74 Å². The average Bonchev–Trinajstić information content (AvgIpc) is 2.76. The molecule has 1 heterocycles. The molecule has 0 aliphatic rings. The van der Waals surface area contributed by atoms with Crippen molar-refractivity contribution in [3.05, 3.63) is 16.1 Å². The van der Waals surface area contributed by atoms with Gasteiger partial charge in [-0.3, -0.25) is 0 Å². The second kappa shape index (κ2) is 6.99. The van der Waals surface area contributed by atoms with Crippen LogP contribution in [0.5, 0.6) is 0 Å². The molecule has 0 radical (unpaired) electrons. The molecule has 2 atom stereocenters. The number of hydrogen-bond acceptors (Lipinski definition) is 4. The number of nitrogens with zero attached hydrogens (tertiary/aromatic N) is 1. The Morgan fingerprint density at radius 3 is 2.75 bits per heavy atom. The van der Waals surface area contributed by atoms with Crippen LogP contribution in [0.3, 0.4) is 0 Å². The molecule has 16 heavy (non-hydrogen) atoms. The zero-order chi connectivity index (χ0) is 12.0. The molecule has 2 unspecified atom stereocenters. The number of methoxy groups -OCH3 is 1. The van der Waals surface area contributed by atoms with Gasteiger partial charge in [-0.2, -0.15) is 0 Å². The van der Waals surface area contributed by atoms with E-state index in [1.54, 1.807) is 18.4 Å². The van der Waals surface area contributed by atoms with Crippen LogP contribution in [0.2, 0.25) is 0 Å². The lowest BCUT2D eigenvalue weighted by Gasteiger charge is -2.20. The first-order valence-corrected chi connectivity index (χ1v) is 6.78. The molecule has 1 rings (SSSR count). The second-order valence-corrected chi connectivity index (χ2v) is 4.91. The van der Waals surface area contributed by atoms with Gasteiger partial charge in [-0.15, -0.1) is 11.3 Å². The Morgan fingerprint density at radius 2 is 2.25 bits per heavy atom. The van der Waals surface area contributed by atoms with E-state index in [1.807, 2.05) is 0 Å². The van der Waals surface area contributed by atoms with Crippen molar-refractivity contribution >= 4 is 11.3 Å². The van der Waals surface area contributed by atoms with Gasteiger partial charge in [0, 0.05) is 24.6 Å². The number of thiazole rings is 1. The summed E-state index contributed by atoms with van der Waals surface area (Å²) in [6.07, 6.45) is 2.09. The van der Waals surface area contributed by atoms with Crippen LogP contribution in [0, 0.1) is 0 Å². The molecule has 3 nitrogen and oxygen atoms in total. The zero-order valence-electron chi connectivity index (χ0n) is 10.6. The molecular weight excluding hydrogens is 220 g/mol. The van der Waals surface area contributed by atoms with E-state index in [4.69, 9.17) is 4.74 Å². The minimum absolute atomic E-state index is 0.302. The van der Waals surface area contributed by atoms with E-state index in [-0.39, 0.29) is 0 Å². The Morgan fingerprint density at radius 1 is 1.50 bits per heavy atom. The van der Waals surface area contributed by atoms with Crippen molar-refractivity contribution in [2.45, 2.75) is 45.7 Å². The largest absolute Gasteiger partial charge is 0.383 e. The molecule has 1 aromatic heterocycles. The number of aromatic nitrogens is 1. The Balaban J connectivity index is 2.52. The highest BCUT2D eigenvalue weighted by atomic mass is 32.1. The summed E-state index contributed by atoms with van der Waals surface area (Å²) in [6, 6.07) is 0.712. The molecule has 0 fully saturated rings. The quantitative estimate of drug-likeness (QED) is 0.798. The Labute approximate surface area is 102 Å². The van der Waals surface area contributed by atoms with Gasteiger partial charge >= 0.3 is 0 Å². The van der Waals surface area contributed by atoms with Gasteiger partial charge < -0.3 is 10.1 Å². The summed E-state index contributed by atoms with van der Waals surface area (Å²) < 4.78 is 5.18. The second-order valence-electron chi connectivity index (χ2n) is 3.97. The van der Waals surface area contributed by atoms with E-state index >= 15 is 0 Å². The van der Waals surface area contributed by atoms with Gasteiger partial charge in [-0.05, 0) is 19.8 Å². The van der Waals surface area contributed by atoms with E-state index in [0.717, 1.165) is 25.1 Å². The molecule has 0 aromatic carbocycles. The van der Waals surface area contributed by atoms with Crippen molar-refractivity contribution in [2.75, 3.05) is 13.7 Å². The van der Waals surface area contributed by atoms with Crippen molar-refractivity contribution in [1.82, 2.24) is 10.3 Å². The minimum Gasteiger partial charge on any atom is -0.383 e. The summed E-state index contributed by atoms with van der Waals surface area (Å²) in [5.74, 6) is 0. The van der Waals surface area contributed by atoms with E-state index < -0.39 is 0 Å². The lowest BCUT2D eigenvalue weighted by Crippen LogP contribution is -2.34. The number of ether oxygens (including phenoxy) is 1.